The number of para-hydroxylation sites is 1. The molecule has 148 valence electrons. The van der Waals surface area contributed by atoms with E-state index in [1.165, 1.54) is 6.07 Å². The number of nitrogens with one attached hydrogen (secondary N) is 3. The van der Waals surface area contributed by atoms with Crippen LogP contribution in [0.5, 0.6) is 0 Å². The SMILES string of the molecule is Cc1nc([C@@H](Cc2c[nH]c3ccccc23)NC(=O)c2cn(C)nc2C)cc(=O)[nH]1. The van der Waals surface area contributed by atoms with E-state index < -0.39 is 6.04 Å². The van der Waals surface area contributed by atoms with Crippen LogP contribution in [-0.2, 0) is 13.5 Å². The fourth-order valence-electron chi connectivity index (χ4n) is 3.59. The monoisotopic (exact) mass is 390 g/mol. The third-order valence-electron chi connectivity index (χ3n) is 4.90. The molecule has 0 saturated heterocycles. The molecule has 0 spiro atoms. The lowest BCUT2D eigenvalue weighted by molar-refractivity contribution is 0.0935. The molecule has 0 aliphatic rings. The summed E-state index contributed by atoms with van der Waals surface area (Å²) in [4.78, 5) is 35.3. The topological polar surface area (TPSA) is 108 Å². The van der Waals surface area contributed by atoms with Crippen molar-refractivity contribution in [3.8, 4) is 0 Å². The standard InChI is InChI=1S/C21H22N6O2/c1-12-16(11-27(3)26-12)21(29)25-18(19-9-20(28)24-13(2)23-19)8-14-10-22-17-7-5-4-6-15(14)17/h4-7,9-11,18,22H,8H2,1-3H3,(H,25,29)(H,23,24,28)/t18-/m1/s1. The summed E-state index contributed by atoms with van der Waals surface area (Å²) in [6.07, 6.45) is 4.11. The van der Waals surface area contributed by atoms with E-state index >= 15 is 0 Å². The molecule has 0 aliphatic heterocycles. The van der Waals surface area contributed by atoms with Crippen molar-refractivity contribution in [1.29, 1.82) is 0 Å². The third-order valence-corrected chi connectivity index (χ3v) is 4.90. The van der Waals surface area contributed by atoms with E-state index in [-0.39, 0.29) is 11.5 Å². The number of hydrogen-bond acceptors (Lipinski definition) is 4. The van der Waals surface area contributed by atoms with Crippen LogP contribution < -0.4 is 10.9 Å². The van der Waals surface area contributed by atoms with Gasteiger partial charge >= 0.3 is 0 Å². The van der Waals surface area contributed by atoms with Gasteiger partial charge in [-0.05, 0) is 25.5 Å². The highest BCUT2D eigenvalue weighted by Gasteiger charge is 2.22. The Kier molecular flexibility index (Phi) is 4.75. The van der Waals surface area contributed by atoms with Gasteiger partial charge in [0.1, 0.15) is 5.82 Å². The first kappa shape index (κ1) is 18.7. The normalized spacial score (nSPS) is 12.2. The van der Waals surface area contributed by atoms with Gasteiger partial charge in [-0.3, -0.25) is 14.3 Å². The Morgan fingerprint density at radius 2 is 2.07 bits per heavy atom. The van der Waals surface area contributed by atoms with E-state index in [0.29, 0.717) is 29.2 Å². The summed E-state index contributed by atoms with van der Waals surface area (Å²) in [6, 6.07) is 8.93. The minimum atomic E-state index is -0.470. The second-order valence-electron chi connectivity index (χ2n) is 7.15. The Morgan fingerprint density at radius 1 is 1.28 bits per heavy atom. The van der Waals surface area contributed by atoms with Gasteiger partial charge in [0.05, 0.1) is 23.0 Å². The molecule has 4 aromatic rings. The fraction of sp³-hybridized carbons (Fsp3) is 0.238. The first-order valence-corrected chi connectivity index (χ1v) is 9.34. The van der Waals surface area contributed by atoms with E-state index in [2.05, 4.69) is 25.4 Å². The van der Waals surface area contributed by atoms with Crippen LogP contribution in [0.25, 0.3) is 10.9 Å². The average Bonchev–Trinajstić information content (AvgIpc) is 3.23. The smallest absolute Gasteiger partial charge is 0.255 e. The molecule has 3 heterocycles. The lowest BCUT2D eigenvalue weighted by Crippen LogP contribution is -2.32. The van der Waals surface area contributed by atoms with Crippen molar-refractivity contribution >= 4 is 16.8 Å². The predicted molar refractivity (Wildman–Crippen MR) is 110 cm³/mol. The summed E-state index contributed by atoms with van der Waals surface area (Å²) in [6.45, 7) is 3.51. The summed E-state index contributed by atoms with van der Waals surface area (Å²) in [7, 11) is 1.77. The number of rotatable bonds is 5. The average molecular weight is 390 g/mol. The van der Waals surface area contributed by atoms with Crippen molar-refractivity contribution in [2.24, 2.45) is 7.05 Å². The predicted octanol–water partition coefficient (Wildman–Crippen LogP) is 2.32. The second-order valence-corrected chi connectivity index (χ2v) is 7.15. The van der Waals surface area contributed by atoms with Gasteiger partial charge < -0.3 is 15.3 Å². The molecule has 1 aromatic carbocycles. The lowest BCUT2D eigenvalue weighted by atomic mass is 10.0. The third kappa shape index (κ3) is 3.82. The number of aromatic nitrogens is 5. The zero-order valence-electron chi connectivity index (χ0n) is 16.5. The Labute approximate surface area is 167 Å². The number of amides is 1. The molecule has 29 heavy (non-hydrogen) atoms. The van der Waals surface area contributed by atoms with Gasteiger partial charge in [0.15, 0.2) is 0 Å². The summed E-state index contributed by atoms with van der Waals surface area (Å²) < 4.78 is 1.61. The van der Waals surface area contributed by atoms with Crippen molar-refractivity contribution in [3.05, 3.63) is 81.4 Å². The van der Waals surface area contributed by atoms with Crippen molar-refractivity contribution in [3.63, 3.8) is 0 Å². The number of aromatic amines is 2. The summed E-state index contributed by atoms with van der Waals surface area (Å²) in [5.74, 6) is 0.253. The summed E-state index contributed by atoms with van der Waals surface area (Å²) >= 11 is 0. The van der Waals surface area contributed by atoms with E-state index in [1.807, 2.05) is 30.5 Å². The molecule has 0 unspecified atom stereocenters. The van der Waals surface area contributed by atoms with Crippen LogP contribution in [0.2, 0.25) is 0 Å². The van der Waals surface area contributed by atoms with E-state index in [1.54, 1.807) is 31.8 Å². The van der Waals surface area contributed by atoms with Crippen molar-refractivity contribution < 1.29 is 4.79 Å². The zero-order chi connectivity index (χ0) is 20.5. The van der Waals surface area contributed by atoms with Gasteiger partial charge in [-0.2, -0.15) is 5.10 Å². The maximum Gasteiger partial charge on any atom is 0.255 e. The quantitative estimate of drug-likeness (QED) is 0.486. The molecule has 0 saturated carbocycles. The fourth-order valence-corrected chi connectivity index (χ4v) is 3.59. The Bertz CT molecular complexity index is 1250. The summed E-state index contributed by atoms with van der Waals surface area (Å²) in [5.41, 5.74) is 3.47. The molecule has 0 fully saturated rings. The molecule has 8 nitrogen and oxygen atoms in total. The number of nitrogens with zero attached hydrogens (tertiary/aromatic N) is 3. The lowest BCUT2D eigenvalue weighted by Gasteiger charge is -2.18. The van der Waals surface area contributed by atoms with Crippen LogP contribution in [0.3, 0.4) is 0 Å². The number of aryl methyl sites for hydroxylation is 3. The molecule has 0 radical (unpaired) electrons. The highest BCUT2D eigenvalue weighted by atomic mass is 16.1. The van der Waals surface area contributed by atoms with Crippen LogP contribution in [0.1, 0.15) is 39.2 Å². The first-order chi connectivity index (χ1) is 13.9. The van der Waals surface area contributed by atoms with E-state index in [4.69, 9.17) is 0 Å². The number of H-pyrrole nitrogens is 2. The molecule has 3 aromatic heterocycles. The Balaban J connectivity index is 1.71. The van der Waals surface area contributed by atoms with Crippen LogP contribution >= 0.6 is 0 Å². The molecule has 3 N–H and O–H groups in total. The molecular formula is C21H22N6O2. The van der Waals surface area contributed by atoms with Gasteiger partial charge in [0, 0.05) is 42.8 Å². The molecule has 0 bridgehead atoms. The second kappa shape index (κ2) is 7.38. The highest BCUT2D eigenvalue weighted by Crippen LogP contribution is 2.24. The molecule has 1 amide bonds. The number of fused-ring (bicyclic) bond motifs is 1. The van der Waals surface area contributed by atoms with Gasteiger partial charge in [0.25, 0.3) is 11.5 Å². The van der Waals surface area contributed by atoms with Gasteiger partial charge in [0.2, 0.25) is 0 Å². The summed E-state index contributed by atoms with van der Waals surface area (Å²) in [5, 5.41) is 8.35. The first-order valence-electron chi connectivity index (χ1n) is 9.34. The minimum absolute atomic E-state index is 0.247. The largest absolute Gasteiger partial charge is 0.361 e. The van der Waals surface area contributed by atoms with Gasteiger partial charge in [-0.25, -0.2) is 4.98 Å². The number of benzene rings is 1. The molecule has 1 atom stereocenters. The highest BCUT2D eigenvalue weighted by molar-refractivity contribution is 5.95. The van der Waals surface area contributed by atoms with Crippen LogP contribution in [0.15, 0.2) is 47.5 Å². The molecule has 8 heteroatoms. The zero-order valence-corrected chi connectivity index (χ0v) is 16.5. The van der Waals surface area contributed by atoms with E-state index in [0.717, 1.165) is 16.5 Å². The number of carbonyl (C=O) groups is 1. The van der Waals surface area contributed by atoms with Crippen molar-refractivity contribution in [1.82, 2.24) is 30.0 Å². The van der Waals surface area contributed by atoms with Crippen LogP contribution in [0.4, 0.5) is 0 Å². The number of carbonyl (C=O) groups excluding carboxylic acids is 1. The maximum atomic E-state index is 12.9. The van der Waals surface area contributed by atoms with Crippen molar-refractivity contribution in [2.75, 3.05) is 0 Å². The minimum Gasteiger partial charge on any atom is -0.361 e. The van der Waals surface area contributed by atoms with Crippen molar-refractivity contribution in [2.45, 2.75) is 26.3 Å². The molecule has 0 aliphatic carbocycles. The van der Waals surface area contributed by atoms with Crippen LogP contribution in [0, 0.1) is 13.8 Å². The van der Waals surface area contributed by atoms with Crippen LogP contribution in [-0.4, -0.2) is 30.6 Å². The van der Waals surface area contributed by atoms with Gasteiger partial charge in [-0.1, -0.05) is 18.2 Å². The van der Waals surface area contributed by atoms with E-state index in [9.17, 15) is 9.59 Å². The molecule has 4 rings (SSSR count). The maximum absolute atomic E-state index is 12.9. The Hall–Kier alpha value is -3.68. The van der Waals surface area contributed by atoms with Gasteiger partial charge in [-0.15, -0.1) is 0 Å². The molecular weight excluding hydrogens is 368 g/mol. The number of hydrogen-bond donors (Lipinski definition) is 3. The Morgan fingerprint density at radius 3 is 2.79 bits per heavy atom.